The van der Waals surface area contributed by atoms with Crippen LogP contribution in [0.2, 0.25) is 0 Å². The first kappa shape index (κ1) is 22.8. The molecule has 0 unspecified atom stereocenters. The molecule has 0 atom stereocenters. The quantitative estimate of drug-likeness (QED) is 0.600. The van der Waals surface area contributed by atoms with Gasteiger partial charge in [0.05, 0.1) is 29.5 Å². The van der Waals surface area contributed by atoms with Gasteiger partial charge in [-0.3, -0.25) is 4.79 Å². The number of nitrogens with one attached hydrogen (secondary N) is 1. The zero-order valence-corrected chi connectivity index (χ0v) is 20.1. The Bertz CT molecular complexity index is 1310. The molecule has 0 bridgehead atoms. The minimum absolute atomic E-state index is 0.163. The van der Waals surface area contributed by atoms with Gasteiger partial charge in [0.2, 0.25) is 10.0 Å². The van der Waals surface area contributed by atoms with E-state index in [1.165, 1.54) is 10.7 Å². The molecule has 1 N–H and O–H groups in total. The predicted octanol–water partition coefficient (Wildman–Crippen LogP) is 2.91. The maximum Gasteiger partial charge on any atom is 0.275 e. The standard InChI is InChI=1S/C24H29N5O4S/c1-18-6-5-7-23-25-21(17-29(18)23)24(30)26-20-16-19(34(31,32)28-12-14-33-15-13-28)8-9-22(20)27-10-3-2-4-11-27/h5-9,16-17H,2-4,10-15H2,1H3,(H,26,30). The van der Waals surface area contributed by atoms with Crippen LogP contribution in [0.1, 0.15) is 35.4 Å². The van der Waals surface area contributed by atoms with Crippen LogP contribution in [0.3, 0.4) is 0 Å². The van der Waals surface area contributed by atoms with Crippen molar-refractivity contribution in [1.82, 2.24) is 13.7 Å². The van der Waals surface area contributed by atoms with Crippen molar-refractivity contribution in [1.29, 1.82) is 0 Å². The maximum atomic E-state index is 13.3. The molecule has 2 aliphatic rings. The van der Waals surface area contributed by atoms with Gasteiger partial charge in [-0.05, 0) is 56.5 Å². The minimum atomic E-state index is -3.69. The molecule has 10 heteroatoms. The number of nitrogens with zero attached hydrogens (tertiary/aromatic N) is 4. The zero-order chi connectivity index (χ0) is 23.7. The predicted molar refractivity (Wildman–Crippen MR) is 130 cm³/mol. The second-order valence-corrected chi connectivity index (χ2v) is 10.7. The van der Waals surface area contributed by atoms with E-state index in [1.54, 1.807) is 18.3 Å². The first-order chi connectivity index (χ1) is 16.4. The highest BCUT2D eigenvalue weighted by atomic mass is 32.2. The summed E-state index contributed by atoms with van der Waals surface area (Å²) in [7, 11) is -3.69. The second-order valence-electron chi connectivity index (χ2n) is 8.72. The van der Waals surface area contributed by atoms with Gasteiger partial charge in [-0.25, -0.2) is 13.4 Å². The third-order valence-electron chi connectivity index (χ3n) is 6.45. The number of carbonyl (C=O) groups is 1. The first-order valence-electron chi connectivity index (χ1n) is 11.7. The van der Waals surface area contributed by atoms with Gasteiger partial charge in [-0.15, -0.1) is 0 Å². The fraction of sp³-hybridized carbons (Fsp3) is 0.417. The fourth-order valence-corrected chi connectivity index (χ4v) is 6.00. The summed E-state index contributed by atoms with van der Waals surface area (Å²) in [5.41, 5.74) is 3.24. The molecular formula is C24H29N5O4S. The molecule has 3 aromatic rings. The van der Waals surface area contributed by atoms with E-state index in [2.05, 4.69) is 15.2 Å². The average molecular weight is 484 g/mol. The maximum absolute atomic E-state index is 13.3. The Kier molecular flexibility index (Phi) is 6.28. The number of anilines is 2. The molecule has 0 aliphatic carbocycles. The molecule has 2 saturated heterocycles. The molecular weight excluding hydrogens is 454 g/mol. The van der Waals surface area contributed by atoms with Gasteiger partial charge in [0.1, 0.15) is 11.3 Å². The number of fused-ring (bicyclic) bond motifs is 1. The number of benzene rings is 1. The summed E-state index contributed by atoms with van der Waals surface area (Å²) in [6.07, 6.45) is 5.00. The van der Waals surface area contributed by atoms with Crippen molar-refractivity contribution < 1.29 is 17.9 Å². The molecule has 180 valence electrons. The summed E-state index contributed by atoms with van der Waals surface area (Å²) in [4.78, 5) is 20.0. The van der Waals surface area contributed by atoms with E-state index < -0.39 is 10.0 Å². The van der Waals surface area contributed by atoms with Gasteiger partial charge < -0.3 is 19.4 Å². The number of aryl methyl sites for hydroxylation is 1. The van der Waals surface area contributed by atoms with E-state index in [0.29, 0.717) is 37.6 Å². The normalized spacial score (nSPS) is 17.7. The molecule has 34 heavy (non-hydrogen) atoms. The van der Waals surface area contributed by atoms with Crippen LogP contribution in [0, 0.1) is 6.92 Å². The number of rotatable bonds is 5. The Balaban J connectivity index is 1.50. The number of piperidine rings is 1. The Labute approximate surface area is 199 Å². The number of amides is 1. The van der Waals surface area contributed by atoms with Crippen molar-refractivity contribution in [2.75, 3.05) is 49.6 Å². The molecule has 4 heterocycles. The zero-order valence-electron chi connectivity index (χ0n) is 19.2. The molecule has 0 spiro atoms. The molecule has 1 aromatic carbocycles. The summed E-state index contributed by atoms with van der Waals surface area (Å²) in [5, 5.41) is 2.96. The molecule has 5 rings (SSSR count). The van der Waals surface area contributed by atoms with Crippen LogP contribution >= 0.6 is 0 Å². The van der Waals surface area contributed by atoms with Crippen molar-refractivity contribution in [2.45, 2.75) is 31.1 Å². The highest BCUT2D eigenvalue weighted by Crippen LogP contribution is 2.32. The number of imidazole rings is 1. The smallest absolute Gasteiger partial charge is 0.275 e. The van der Waals surface area contributed by atoms with Gasteiger partial charge in [0, 0.05) is 38.1 Å². The number of aromatic nitrogens is 2. The van der Waals surface area contributed by atoms with Crippen LogP contribution < -0.4 is 10.2 Å². The van der Waals surface area contributed by atoms with Crippen LogP contribution in [0.25, 0.3) is 5.65 Å². The summed E-state index contributed by atoms with van der Waals surface area (Å²) in [6, 6.07) is 10.7. The number of ether oxygens (including phenoxy) is 1. The van der Waals surface area contributed by atoms with Crippen LogP contribution in [-0.4, -0.2) is 67.4 Å². The van der Waals surface area contributed by atoms with Crippen molar-refractivity contribution in [3.8, 4) is 0 Å². The molecule has 0 saturated carbocycles. The summed E-state index contributed by atoms with van der Waals surface area (Å²) >= 11 is 0. The van der Waals surface area contributed by atoms with Crippen molar-refractivity contribution in [3.05, 3.63) is 54.0 Å². The summed E-state index contributed by atoms with van der Waals surface area (Å²) in [6.45, 7) is 5.07. The number of hydrogen-bond acceptors (Lipinski definition) is 6. The minimum Gasteiger partial charge on any atom is -0.379 e. The van der Waals surface area contributed by atoms with Gasteiger partial charge in [-0.2, -0.15) is 4.31 Å². The lowest BCUT2D eigenvalue weighted by Gasteiger charge is -2.31. The van der Waals surface area contributed by atoms with E-state index in [4.69, 9.17) is 4.74 Å². The molecule has 2 aromatic heterocycles. The first-order valence-corrected chi connectivity index (χ1v) is 13.1. The van der Waals surface area contributed by atoms with Crippen molar-refractivity contribution >= 4 is 33.0 Å². The largest absolute Gasteiger partial charge is 0.379 e. The Morgan fingerprint density at radius 2 is 1.79 bits per heavy atom. The SMILES string of the molecule is Cc1cccc2nc(C(=O)Nc3cc(S(=O)(=O)N4CCOCC4)ccc3N3CCCCC3)cn12. The fourth-order valence-electron chi connectivity index (χ4n) is 4.57. The van der Waals surface area contributed by atoms with E-state index in [-0.39, 0.29) is 16.5 Å². The monoisotopic (exact) mass is 483 g/mol. The highest BCUT2D eigenvalue weighted by Gasteiger charge is 2.28. The van der Waals surface area contributed by atoms with Crippen LogP contribution in [0.15, 0.2) is 47.5 Å². The van der Waals surface area contributed by atoms with Gasteiger partial charge in [-0.1, -0.05) is 6.07 Å². The average Bonchev–Trinajstić information content (AvgIpc) is 3.31. The Morgan fingerprint density at radius 3 is 2.53 bits per heavy atom. The van der Waals surface area contributed by atoms with Crippen LogP contribution in [0.5, 0.6) is 0 Å². The lowest BCUT2D eigenvalue weighted by molar-refractivity contribution is 0.0730. The molecule has 0 radical (unpaired) electrons. The van der Waals surface area contributed by atoms with E-state index >= 15 is 0 Å². The Hall–Kier alpha value is -2.95. The molecule has 9 nitrogen and oxygen atoms in total. The van der Waals surface area contributed by atoms with Crippen molar-refractivity contribution in [3.63, 3.8) is 0 Å². The number of carbonyl (C=O) groups excluding carboxylic acids is 1. The lowest BCUT2D eigenvalue weighted by atomic mass is 10.1. The van der Waals surface area contributed by atoms with E-state index in [9.17, 15) is 13.2 Å². The van der Waals surface area contributed by atoms with Gasteiger partial charge in [0.15, 0.2) is 0 Å². The Morgan fingerprint density at radius 1 is 1.03 bits per heavy atom. The third-order valence-corrected chi connectivity index (χ3v) is 8.34. The van der Waals surface area contributed by atoms with Crippen molar-refractivity contribution in [2.24, 2.45) is 0 Å². The number of pyridine rings is 1. The highest BCUT2D eigenvalue weighted by molar-refractivity contribution is 7.89. The number of sulfonamides is 1. The molecule has 2 fully saturated rings. The molecule has 1 amide bonds. The van der Waals surface area contributed by atoms with E-state index in [1.807, 2.05) is 35.6 Å². The van der Waals surface area contributed by atoms with Crippen LogP contribution in [0.4, 0.5) is 11.4 Å². The topological polar surface area (TPSA) is 96.2 Å². The van der Waals surface area contributed by atoms with Crippen LogP contribution in [-0.2, 0) is 14.8 Å². The van der Waals surface area contributed by atoms with Gasteiger partial charge in [0.25, 0.3) is 5.91 Å². The number of morpholine rings is 1. The lowest BCUT2D eigenvalue weighted by Crippen LogP contribution is -2.40. The number of hydrogen-bond donors (Lipinski definition) is 1. The molecule has 2 aliphatic heterocycles. The van der Waals surface area contributed by atoms with E-state index in [0.717, 1.165) is 37.3 Å². The van der Waals surface area contributed by atoms with Gasteiger partial charge >= 0.3 is 0 Å². The third kappa shape index (κ3) is 4.40. The second kappa shape index (κ2) is 9.36. The summed E-state index contributed by atoms with van der Waals surface area (Å²) in [5.74, 6) is -0.373. The summed E-state index contributed by atoms with van der Waals surface area (Å²) < 4.78 is 35.1.